The van der Waals surface area contributed by atoms with Crippen LogP contribution >= 0.6 is 0 Å². The highest BCUT2D eigenvalue weighted by Gasteiger charge is 2.22. The Morgan fingerprint density at radius 3 is 2.57 bits per heavy atom. The number of aromatic nitrogens is 2. The number of benzene rings is 1. The molecule has 108 valence electrons. The molecule has 0 radical (unpaired) electrons. The first-order chi connectivity index (χ1) is 10.2. The molecule has 2 aromatic rings. The minimum atomic E-state index is 0.0833. The van der Waals surface area contributed by atoms with E-state index in [1.807, 2.05) is 30.0 Å². The fraction of sp³-hybridized carbons (Fsp3) is 0.294. The second-order valence-corrected chi connectivity index (χ2v) is 5.41. The van der Waals surface area contributed by atoms with Gasteiger partial charge in [-0.05, 0) is 25.3 Å². The Morgan fingerprint density at radius 1 is 1.24 bits per heavy atom. The third kappa shape index (κ3) is 3.05. The first-order valence-corrected chi connectivity index (χ1v) is 7.28. The summed E-state index contributed by atoms with van der Waals surface area (Å²) in [6, 6.07) is 10.3. The van der Waals surface area contributed by atoms with Crippen molar-refractivity contribution in [2.24, 2.45) is 0 Å². The molecule has 1 fully saturated rings. The third-order valence-corrected chi connectivity index (χ3v) is 3.92. The molecule has 0 saturated carbocycles. The van der Waals surface area contributed by atoms with Gasteiger partial charge in [0.15, 0.2) is 0 Å². The highest BCUT2D eigenvalue weighted by Crippen LogP contribution is 2.21. The molecule has 1 aromatic carbocycles. The summed E-state index contributed by atoms with van der Waals surface area (Å²) >= 11 is 0. The minimum absolute atomic E-state index is 0.0833. The van der Waals surface area contributed by atoms with Gasteiger partial charge in [0.2, 0.25) is 0 Å². The summed E-state index contributed by atoms with van der Waals surface area (Å²) in [4.78, 5) is 14.3. The van der Waals surface area contributed by atoms with Crippen molar-refractivity contribution in [1.29, 1.82) is 0 Å². The zero-order valence-corrected chi connectivity index (χ0v) is 12.2. The van der Waals surface area contributed by atoms with E-state index in [4.69, 9.17) is 0 Å². The van der Waals surface area contributed by atoms with E-state index in [9.17, 15) is 4.79 Å². The van der Waals surface area contributed by atoms with Crippen molar-refractivity contribution in [1.82, 2.24) is 15.1 Å². The monoisotopic (exact) mass is 281 g/mol. The van der Waals surface area contributed by atoms with Crippen molar-refractivity contribution in [2.75, 3.05) is 13.1 Å². The molecule has 1 aliphatic heterocycles. The first kappa shape index (κ1) is 13.6. The van der Waals surface area contributed by atoms with Crippen LogP contribution < -0.4 is 0 Å². The summed E-state index contributed by atoms with van der Waals surface area (Å²) < 4.78 is 0. The van der Waals surface area contributed by atoms with Crippen LogP contribution in [0.5, 0.6) is 0 Å². The molecule has 1 N–H and O–H groups in total. The van der Waals surface area contributed by atoms with Gasteiger partial charge >= 0.3 is 0 Å². The van der Waals surface area contributed by atoms with E-state index in [1.165, 1.54) is 11.1 Å². The summed E-state index contributed by atoms with van der Waals surface area (Å²) in [7, 11) is 0. The molecule has 1 aliphatic rings. The number of rotatable bonds is 2. The van der Waals surface area contributed by atoms with E-state index in [-0.39, 0.29) is 5.91 Å². The molecular formula is C17H19N3O. The Labute approximate surface area is 124 Å². The predicted octanol–water partition coefficient (Wildman–Crippen LogP) is 3.04. The number of aromatic amines is 1. The van der Waals surface area contributed by atoms with Crippen LogP contribution in [0, 0.1) is 6.92 Å². The Morgan fingerprint density at radius 2 is 1.95 bits per heavy atom. The van der Waals surface area contributed by atoms with Gasteiger partial charge in [-0.3, -0.25) is 9.89 Å². The Bertz CT molecular complexity index is 648. The van der Waals surface area contributed by atoms with E-state index >= 15 is 0 Å². The number of amides is 1. The van der Waals surface area contributed by atoms with Gasteiger partial charge in [0.05, 0.1) is 11.8 Å². The van der Waals surface area contributed by atoms with Gasteiger partial charge in [-0.2, -0.15) is 5.10 Å². The van der Waals surface area contributed by atoms with Gasteiger partial charge in [-0.1, -0.05) is 42.0 Å². The maximum absolute atomic E-state index is 12.4. The maximum Gasteiger partial charge on any atom is 0.257 e. The van der Waals surface area contributed by atoms with Gasteiger partial charge in [0.1, 0.15) is 0 Å². The topological polar surface area (TPSA) is 49.0 Å². The first-order valence-electron chi connectivity index (χ1n) is 7.28. The van der Waals surface area contributed by atoms with Crippen LogP contribution in [0.3, 0.4) is 0 Å². The smallest absolute Gasteiger partial charge is 0.257 e. The molecule has 1 amide bonds. The van der Waals surface area contributed by atoms with Crippen molar-refractivity contribution in [3.05, 3.63) is 58.9 Å². The average molecular weight is 281 g/mol. The summed E-state index contributed by atoms with van der Waals surface area (Å²) in [6.07, 6.45) is 5.74. The van der Waals surface area contributed by atoms with E-state index < -0.39 is 0 Å². The van der Waals surface area contributed by atoms with E-state index in [0.717, 1.165) is 31.6 Å². The zero-order valence-electron chi connectivity index (χ0n) is 12.2. The summed E-state index contributed by atoms with van der Waals surface area (Å²) in [5.41, 5.74) is 4.17. The lowest BCUT2D eigenvalue weighted by Gasteiger charge is -2.28. The standard InChI is InChI=1S/C17H19N3O/c1-13-16(12-18-19-13)17(21)20-9-7-15(8-10-20)11-14-5-3-2-4-6-14/h2-6,11-12H,7-10H2,1H3,(H,18,19). The molecule has 0 aliphatic carbocycles. The number of nitrogens with one attached hydrogen (secondary N) is 1. The molecule has 0 unspecified atom stereocenters. The van der Waals surface area contributed by atoms with Gasteiger partial charge in [-0.15, -0.1) is 0 Å². The van der Waals surface area contributed by atoms with Crippen LogP contribution in [-0.4, -0.2) is 34.1 Å². The number of nitrogens with zero attached hydrogens (tertiary/aromatic N) is 2. The molecule has 0 spiro atoms. The van der Waals surface area contributed by atoms with Gasteiger partial charge < -0.3 is 4.90 Å². The molecule has 0 bridgehead atoms. The second-order valence-electron chi connectivity index (χ2n) is 5.41. The summed E-state index contributed by atoms with van der Waals surface area (Å²) in [6.45, 7) is 3.44. The molecule has 4 nitrogen and oxygen atoms in total. The lowest BCUT2D eigenvalue weighted by Crippen LogP contribution is -2.36. The van der Waals surface area contributed by atoms with Crippen LogP contribution in [0.4, 0.5) is 0 Å². The molecule has 3 rings (SSSR count). The lowest BCUT2D eigenvalue weighted by atomic mass is 10.0. The number of H-pyrrole nitrogens is 1. The quantitative estimate of drug-likeness (QED) is 0.919. The van der Waals surface area contributed by atoms with Crippen molar-refractivity contribution >= 4 is 12.0 Å². The van der Waals surface area contributed by atoms with E-state index in [1.54, 1.807) is 6.20 Å². The Hall–Kier alpha value is -2.36. The molecule has 0 atom stereocenters. The maximum atomic E-state index is 12.4. The molecular weight excluding hydrogens is 262 g/mol. The number of likely N-dealkylation sites (tertiary alicyclic amines) is 1. The fourth-order valence-electron chi connectivity index (χ4n) is 2.66. The summed E-state index contributed by atoms with van der Waals surface area (Å²) in [5, 5.41) is 6.75. The molecule has 2 heterocycles. The molecule has 1 aromatic heterocycles. The molecule has 21 heavy (non-hydrogen) atoms. The zero-order chi connectivity index (χ0) is 14.7. The Kier molecular flexibility index (Phi) is 3.86. The number of hydrogen-bond donors (Lipinski definition) is 1. The van der Waals surface area contributed by atoms with Crippen LogP contribution in [-0.2, 0) is 0 Å². The average Bonchev–Trinajstić information content (AvgIpc) is 2.94. The van der Waals surface area contributed by atoms with Crippen LogP contribution in [0.25, 0.3) is 6.08 Å². The minimum Gasteiger partial charge on any atom is -0.338 e. The highest BCUT2D eigenvalue weighted by molar-refractivity contribution is 5.95. The number of hydrogen-bond acceptors (Lipinski definition) is 2. The number of piperidine rings is 1. The fourth-order valence-corrected chi connectivity index (χ4v) is 2.66. The number of aryl methyl sites for hydroxylation is 1. The lowest BCUT2D eigenvalue weighted by molar-refractivity contribution is 0.0743. The Balaban J connectivity index is 1.64. The normalized spacial score (nSPS) is 15.1. The predicted molar refractivity (Wildman–Crippen MR) is 82.9 cm³/mol. The largest absolute Gasteiger partial charge is 0.338 e. The van der Waals surface area contributed by atoms with Crippen LogP contribution in [0.2, 0.25) is 0 Å². The van der Waals surface area contributed by atoms with Crippen molar-refractivity contribution in [3.63, 3.8) is 0 Å². The number of carbonyl (C=O) groups is 1. The van der Waals surface area contributed by atoms with Crippen LogP contribution in [0.1, 0.15) is 34.5 Å². The van der Waals surface area contributed by atoms with Gasteiger partial charge in [0.25, 0.3) is 5.91 Å². The van der Waals surface area contributed by atoms with E-state index in [0.29, 0.717) is 5.56 Å². The van der Waals surface area contributed by atoms with Crippen molar-refractivity contribution in [3.8, 4) is 0 Å². The molecule has 1 saturated heterocycles. The van der Waals surface area contributed by atoms with Gasteiger partial charge in [-0.25, -0.2) is 0 Å². The van der Waals surface area contributed by atoms with E-state index in [2.05, 4.69) is 28.4 Å². The van der Waals surface area contributed by atoms with Crippen molar-refractivity contribution in [2.45, 2.75) is 19.8 Å². The molecule has 4 heteroatoms. The van der Waals surface area contributed by atoms with Crippen molar-refractivity contribution < 1.29 is 4.79 Å². The highest BCUT2D eigenvalue weighted by atomic mass is 16.2. The number of carbonyl (C=O) groups excluding carboxylic acids is 1. The third-order valence-electron chi connectivity index (χ3n) is 3.92. The summed E-state index contributed by atoms with van der Waals surface area (Å²) in [5.74, 6) is 0.0833. The second kappa shape index (κ2) is 5.95. The van der Waals surface area contributed by atoms with Gasteiger partial charge in [0, 0.05) is 18.8 Å². The van der Waals surface area contributed by atoms with Crippen LogP contribution in [0.15, 0.2) is 42.1 Å². The SMILES string of the molecule is Cc1[nH]ncc1C(=O)N1CCC(=Cc2ccccc2)CC1.